The standard InChI is InChI=1S/C22H33N5OS/c1-17-6-7-18(2)19(14-17)27-13-12-26(21(27)29)16-25-10-8-24(9-11-25)15-20(28)23-22(3,4)5/h6-7,12-14H,8-11,15-16H2,1-5H3,(H,23,28)/p+2. The maximum absolute atomic E-state index is 12.2. The van der Waals surface area contributed by atoms with Crippen LogP contribution in [0.25, 0.3) is 5.69 Å². The van der Waals surface area contributed by atoms with Crippen LogP contribution in [0.4, 0.5) is 0 Å². The Bertz CT molecular complexity index is 916. The molecule has 1 aliphatic heterocycles. The van der Waals surface area contributed by atoms with Crippen molar-refractivity contribution < 1.29 is 14.6 Å². The van der Waals surface area contributed by atoms with Gasteiger partial charge in [-0.15, -0.1) is 0 Å². The SMILES string of the molecule is Cc1ccc(C)c(-n2ccn(C[NH+]3CC[NH+](CC(=O)NC(C)(C)C)CC3)c2=S)c1. The molecular weight excluding hydrogens is 382 g/mol. The van der Waals surface area contributed by atoms with E-state index >= 15 is 0 Å². The van der Waals surface area contributed by atoms with Crippen LogP contribution in [0.1, 0.15) is 31.9 Å². The lowest BCUT2D eigenvalue weighted by atomic mass is 10.1. The molecule has 1 amide bonds. The van der Waals surface area contributed by atoms with Crippen molar-refractivity contribution in [2.45, 2.75) is 46.8 Å². The van der Waals surface area contributed by atoms with E-state index in [-0.39, 0.29) is 11.4 Å². The third-order valence-electron chi connectivity index (χ3n) is 5.45. The number of aromatic nitrogens is 2. The molecule has 2 aromatic rings. The van der Waals surface area contributed by atoms with Crippen molar-refractivity contribution >= 4 is 18.1 Å². The summed E-state index contributed by atoms with van der Waals surface area (Å²) in [5.74, 6) is 0.142. The van der Waals surface area contributed by atoms with Crippen LogP contribution in [0.15, 0.2) is 30.6 Å². The first-order valence-corrected chi connectivity index (χ1v) is 10.9. The zero-order valence-electron chi connectivity index (χ0n) is 18.3. The van der Waals surface area contributed by atoms with Crippen LogP contribution in [0.5, 0.6) is 0 Å². The summed E-state index contributed by atoms with van der Waals surface area (Å²) < 4.78 is 5.12. The Morgan fingerprint density at radius 2 is 1.76 bits per heavy atom. The van der Waals surface area contributed by atoms with E-state index in [0.29, 0.717) is 6.54 Å². The van der Waals surface area contributed by atoms with Gasteiger partial charge in [0.15, 0.2) is 18.0 Å². The molecular formula is C22H35N5OS+2. The molecule has 1 fully saturated rings. The minimum absolute atomic E-state index is 0.142. The number of piperazine rings is 1. The molecule has 6 nitrogen and oxygen atoms in total. The summed E-state index contributed by atoms with van der Waals surface area (Å²) in [6.07, 6.45) is 4.16. The molecule has 0 saturated carbocycles. The number of rotatable bonds is 5. The summed E-state index contributed by atoms with van der Waals surface area (Å²) in [5.41, 5.74) is 3.45. The number of hydrogen-bond acceptors (Lipinski definition) is 2. The highest BCUT2D eigenvalue weighted by atomic mass is 32.1. The Labute approximate surface area is 179 Å². The fourth-order valence-electron chi connectivity index (χ4n) is 3.92. The molecule has 2 heterocycles. The molecule has 3 rings (SSSR count). The zero-order chi connectivity index (χ0) is 21.2. The van der Waals surface area contributed by atoms with Crippen LogP contribution in [0, 0.1) is 18.6 Å². The van der Waals surface area contributed by atoms with Gasteiger partial charge in [0.05, 0.1) is 5.69 Å². The van der Waals surface area contributed by atoms with E-state index in [9.17, 15) is 4.79 Å². The highest BCUT2D eigenvalue weighted by Crippen LogP contribution is 2.16. The molecule has 3 N–H and O–H groups in total. The smallest absolute Gasteiger partial charge is 0.275 e. The molecule has 0 bridgehead atoms. The zero-order valence-corrected chi connectivity index (χ0v) is 19.2. The van der Waals surface area contributed by atoms with Crippen LogP contribution >= 0.6 is 12.2 Å². The first kappa shape index (κ1) is 21.7. The molecule has 1 aliphatic rings. The monoisotopic (exact) mass is 417 g/mol. The largest absolute Gasteiger partial charge is 0.347 e. The molecule has 0 spiro atoms. The number of hydrogen-bond donors (Lipinski definition) is 3. The molecule has 29 heavy (non-hydrogen) atoms. The molecule has 0 aliphatic carbocycles. The average molecular weight is 418 g/mol. The van der Waals surface area contributed by atoms with E-state index < -0.39 is 0 Å². The number of imidazole rings is 1. The summed E-state index contributed by atoms with van der Waals surface area (Å²) in [6, 6.07) is 6.47. The lowest BCUT2D eigenvalue weighted by Gasteiger charge is -2.30. The number of quaternary nitrogens is 2. The molecule has 0 radical (unpaired) electrons. The number of carbonyl (C=O) groups excluding carboxylic acids is 1. The molecule has 1 aromatic carbocycles. The van der Waals surface area contributed by atoms with Gasteiger partial charge in [-0.25, -0.2) is 0 Å². The molecule has 158 valence electrons. The number of nitrogens with one attached hydrogen (secondary N) is 3. The van der Waals surface area contributed by atoms with Gasteiger partial charge in [-0.3, -0.25) is 13.9 Å². The van der Waals surface area contributed by atoms with E-state index in [1.807, 2.05) is 20.8 Å². The van der Waals surface area contributed by atoms with E-state index in [1.165, 1.54) is 20.9 Å². The first-order valence-electron chi connectivity index (χ1n) is 10.5. The minimum Gasteiger partial charge on any atom is -0.347 e. The predicted molar refractivity (Wildman–Crippen MR) is 118 cm³/mol. The number of carbonyl (C=O) groups is 1. The Balaban J connectivity index is 1.58. The van der Waals surface area contributed by atoms with Crippen molar-refractivity contribution in [2.75, 3.05) is 32.7 Å². The van der Waals surface area contributed by atoms with Gasteiger partial charge in [-0.2, -0.15) is 0 Å². The highest BCUT2D eigenvalue weighted by Gasteiger charge is 2.26. The second-order valence-corrected chi connectivity index (χ2v) is 9.71. The van der Waals surface area contributed by atoms with Gasteiger partial charge in [0.1, 0.15) is 26.2 Å². The summed E-state index contributed by atoms with van der Waals surface area (Å²) in [7, 11) is 0. The molecule has 7 heteroatoms. The van der Waals surface area contributed by atoms with E-state index in [0.717, 1.165) is 43.3 Å². The third kappa shape index (κ3) is 5.78. The van der Waals surface area contributed by atoms with Gasteiger partial charge in [-0.1, -0.05) is 12.1 Å². The van der Waals surface area contributed by atoms with Crippen molar-refractivity contribution in [2.24, 2.45) is 0 Å². The first-order chi connectivity index (χ1) is 13.6. The second-order valence-electron chi connectivity index (χ2n) is 9.34. The third-order valence-corrected chi connectivity index (χ3v) is 5.89. The second kappa shape index (κ2) is 8.81. The lowest BCUT2D eigenvalue weighted by molar-refractivity contribution is -1.02. The summed E-state index contributed by atoms with van der Waals surface area (Å²) in [4.78, 5) is 15.1. The summed E-state index contributed by atoms with van der Waals surface area (Å²) in [5, 5.41) is 3.06. The fraction of sp³-hybridized carbons (Fsp3) is 0.545. The van der Waals surface area contributed by atoms with Crippen LogP contribution in [0.2, 0.25) is 0 Å². The lowest BCUT2D eigenvalue weighted by Crippen LogP contribution is -3.28. The van der Waals surface area contributed by atoms with E-state index in [2.05, 4.69) is 58.9 Å². The van der Waals surface area contributed by atoms with Gasteiger partial charge in [0.2, 0.25) is 0 Å². The van der Waals surface area contributed by atoms with Gasteiger partial charge < -0.3 is 15.1 Å². The normalized spacial score (nSPS) is 19.9. The number of amides is 1. The van der Waals surface area contributed by atoms with E-state index in [1.54, 1.807) is 0 Å². The van der Waals surface area contributed by atoms with Crippen molar-refractivity contribution in [1.29, 1.82) is 0 Å². The quantitative estimate of drug-likeness (QED) is 0.612. The van der Waals surface area contributed by atoms with Gasteiger partial charge >= 0.3 is 0 Å². The van der Waals surface area contributed by atoms with Gasteiger partial charge in [0, 0.05) is 17.9 Å². The van der Waals surface area contributed by atoms with Crippen LogP contribution < -0.4 is 15.1 Å². The fourth-order valence-corrected chi connectivity index (χ4v) is 4.20. The summed E-state index contributed by atoms with van der Waals surface area (Å²) >= 11 is 5.76. The Kier molecular flexibility index (Phi) is 6.61. The number of nitrogens with zero attached hydrogens (tertiary/aromatic N) is 2. The molecule has 1 saturated heterocycles. The highest BCUT2D eigenvalue weighted by molar-refractivity contribution is 7.71. The van der Waals surface area contributed by atoms with E-state index in [4.69, 9.17) is 12.2 Å². The Hall–Kier alpha value is -1.96. The minimum atomic E-state index is -0.164. The Morgan fingerprint density at radius 3 is 2.41 bits per heavy atom. The van der Waals surface area contributed by atoms with Crippen LogP contribution in [0.3, 0.4) is 0 Å². The average Bonchev–Trinajstić information content (AvgIpc) is 2.97. The van der Waals surface area contributed by atoms with Crippen LogP contribution in [-0.2, 0) is 11.5 Å². The van der Waals surface area contributed by atoms with Crippen LogP contribution in [-0.4, -0.2) is 53.3 Å². The molecule has 1 aromatic heterocycles. The van der Waals surface area contributed by atoms with Crippen molar-refractivity contribution in [3.05, 3.63) is 46.5 Å². The predicted octanol–water partition coefficient (Wildman–Crippen LogP) is 0.281. The molecule has 0 unspecified atom stereocenters. The Morgan fingerprint density at radius 1 is 1.10 bits per heavy atom. The number of benzene rings is 1. The van der Waals surface area contributed by atoms with Gasteiger partial charge in [0.25, 0.3) is 5.91 Å². The maximum Gasteiger partial charge on any atom is 0.275 e. The van der Waals surface area contributed by atoms with Crippen molar-refractivity contribution in [1.82, 2.24) is 14.5 Å². The maximum atomic E-state index is 12.2. The topological polar surface area (TPSA) is 47.8 Å². The van der Waals surface area contributed by atoms with Crippen molar-refractivity contribution in [3.8, 4) is 5.69 Å². The van der Waals surface area contributed by atoms with Crippen molar-refractivity contribution in [3.63, 3.8) is 0 Å². The number of aryl methyl sites for hydroxylation is 2. The summed E-state index contributed by atoms with van der Waals surface area (Å²) in [6.45, 7) is 15.9. The van der Waals surface area contributed by atoms with Gasteiger partial charge in [-0.05, 0) is 64.0 Å². The molecule has 0 atom stereocenters.